The molecule has 0 bridgehead atoms. The van der Waals surface area contributed by atoms with Gasteiger partial charge in [-0.05, 0) is 66.4 Å². The summed E-state index contributed by atoms with van der Waals surface area (Å²) in [5.41, 5.74) is 11.7. The number of hydrogen-bond donors (Lipinski definition) is 2. The molecule has 0 saturated carbocycles. The fraction of sp³-hybridized carbons (Fsp3) is 0.286. The fourth-order valence-electron chi connectivity index (χ4n) is 4.21. The summed E-state index contributed by atoms with van der Waals surface area (Å²) in [5, 5.41) is 8.09. The lowest BCUT2D eigenvalue weighted by Gasteiger charge is -2.29. The van der Waals surface area contributed by atoms with E-state index in [4.69, 9.17) is 0 Å². The summed E-state index contributed by atoms with van der Waals surface area (Å²) in [4.78, 5) is 2.18. The van der Waals surface area contributed by atoms with Crippen LogP contribution in [0.5, 0.6) is 0 Å². The Morgan fingerprint density at radius 3 is 3.04 bits per heavy atom. The molecule has 26 heavy (non-hydrogen) atoms. The summed E-state index contributed by atoms with van der Waals surface area (Å²) in [6.45, 7) is 2.83. The van der Waals surface area contributed by atoms with Gasteiger partial charge in [0.2, 0.25) is 0 Å². The lowest BCUT2D eigenvalue weighted by molar-refractivity contribution is 0.488. The van der Waals surface area contributed by atoms with Crippen molar-refractivity contribution in [2.24, 2.45) is 5.10 Å². The molecule has 0 unspecified atom stereocenters. The van der Waals surface area contributed by atoms with E-state index in [9.17, 15) is 4.39 Å². The van der Waals surface area contributed by atoms with Crippen molar-refractivity contribution in [3.8, 4) is 0 Å². The zero-order valence-electron chi connectivity index (χ0n) is 14.8. The molecule has 1 aromatic rings. The van der Waals surface area contributed by atoms with Gasteiger partial charge in [-0.15, -0.1) is 0 Å². The molecule has 1 aliphatic carbocycles. The SMILES string of the molecule is CN1C=C2C(=C(C3=CCCNCC3)C1)NN=C1C=Cc3cc(F)cc2c31. The van der Waals surface area contributed by atoms with Gasteiger partial charge in [0, 0.05) is 30.9 Å². The third-order valence-electron chi connectivity index (χ3n) is 5.39. The van der Waals surface area contributed by atoms with Crippen molar-refractivity contribution in [2.45, 2.75) is 12.8 Å². The van der Waals surface area contributed by atoms with E-state index in [1.807, 2.05) is 12.2 Å². The Morgan fingerprint density at radius 1 is 1.19 bits per heavy atom. The van der Waals surface area contributed by atoms with Gasteiger partial charge in [-0.25, -0.2) is 4.39 Å². The van der Waals surface area contributed by atoms with Gasteiger partial charge in [0.15, 0.2) is 0 Å². The average molecular weight is 348 g/mol. The first-order valence-corrected chi connectivity index (χ1v) is 9.12. The van der Waals surface area contributed by atoms with Crippen molar-refractivity contribution in [2.75, 3.05) is 26.7 Å². The maximum absolute atomic E-state index is 14.3. The molecule has 5 heteroatoms. The Labute approximate surface area is 152 Å². The quantitative estimate of drug-likeness (QED) is 0.820. The predicted octanol–water partition coefficient (Wildman–Crippen LogP) is 3.01. The molecule has 132 valence electrons. The number of nitrogens with one attached hydrogen (secondary N) is 2. The number of rotatable bonds is 1. The molecule has 4 aliphatic rings. The van der Waals surface area contributed by atoms with Crippen LogP contribution in [-0.2, 0) is 0 Å². The van der Waals surface area contributed by atoms with E-state index >= 15 is 0 Å². The first kappa shape index (κ1) is 15.6. The number of allylic oxidation sites excluding steroid dienone is 2. The van der Waals surface area contributed by atoms with Crippen LogP contribution in [0, 0.1) is 5.82 Å². The summed E-state index contributed by atoms with van der Waals surface area (Å²) in [6.07, 6.45) is 10.4. The van der Waals surface area contributed by atoms with Gasteiger partial charge in [0.05, 0.1) is 11.4 Å². The van der Waals surface area contributed by atoms with Crippen LogP contribution in [0.25, 0.3) is 11.6 Å². The number of hydrogen-bond acceptors (Lipinski definition) is 4. The molecule has 0 saturated heterocycles. The second kappa shape index (κ2) is 5.95. The summed E-state index contributed by atoms with van der Waals surface area (Å²) in [7, 11) is 2.07. The van der Waals surface area contributed by atoms with Crippen molar-refractivity contribution >= 4 is 17.4 Å². The van der Waals surface area contributed by atoms with Gasteiger partial charge in [-0.1, -0.05) is 12.2 Å². The lowest BCUT2D eigenvalue weighted by Crippen LogP contribution is -2.26. The Morgan fingerprint density at radius 2 is 2.12 bits per heavy atom. The highest BCUT2D eigenvalue weighted by atomic mass is 19.1. The van der Waals surface area contributed by atoms with Gasteiger partial charge >= 0.3 is 0 Å². The second-order valence-corrected chi connectivity index (χ2v) is 7.19. The van der Waals surface area contributed by atoms with Crippen molar-refractivity contribution < 1.29 is 4.39 Å². The zero-order valence-corrected chi connectivity index (χ0v) is 14.8. The van der Waals surface area contributed by atoms with E-state index in [2.05, 4.69) is 40.1 Å². The van der Waals surface area contributed by atoms with Crippen molar-refractivity contribution in [3.05, 3.63) is 69.8 Å². The zero-order chi connectivity index (χ0) is 17.7. The molecule has 0 amide bonds. The number of benzene rings is 1. The molecule has 3 aliphatic heterocycles. The van der Waals surface area contributed by atoms with E-state index in [1.165, 1.54) is 11.1 Å². The molecule has 0 aromatic heterocycles. The number of fused-ring (bicyclic) bond motifs is 2. The van der Waals surface area contributed by atoms with Crippen LogP contribution in [0.2, 0.25) is 0 Å². The van der Waals surface area contributed by atoms with Crippen LogP contribution in [0.3, 0.4) is 0 Å². The van der Waals surface area contributed by atoms with Crippen molar-refractivity contribution in [1.29, 1.82) is 0 Å². The average Bonchev–Trinajstić information content (AvgIpc) is 2.80. The van der Waals surface area contributed by atoms with Gasteiger partial charge in [-0.2, -0.15) is 5.10 Å². The van der Waals surface area contributed by atoms with Crippen molar-refractivity contribution in [1.82, 2.24) is 15.6 Å². The molecule has 2 N–H and O–H groups in total. The topological polar surface area (TPSA) is 39.7 Å². The first-order chi connectivity index (χ1) is 12.7. The fourth-order valence-corrected chi connectivity index (χ4v) is 4.21. The highest BCUT2D eigenvalue weighted by Gasteiger charge is 2.30. The standard InChI is InChI=1S/C21H21FN4/c1-26-11-17(13-3-2-7-23-8-6-13)21-18(12-26)16-10-15(22)9-14-4-5-19(20(14)16)24-25-21/h3-5,9-10,12,23,25H,2,6-8,11H2,1H3. The Hall–Kier alpha value is -2.66. The van der Waals surface area contributed by atoms with Gasteiger partial charge in [-0.3, -0.25) is 5.43 Å². The maximum atomic E-state index is 14.3. The van der Waals surface area contributed by atoms with E-state index in [1.54, 1.807) is 12.1 Å². The predicted molar refractivity (Wildman–Crippen MR) is 103 cm³/mol. The van der Waals surface area contributed by atoms with Crippen LogP contribution in [0.15, 0.2) is 52.4 Å². The number of hydrazone groups is 1. The highest BCUT2D eigenvalue weighted by Crippen LogP contribution is 2.39. The summed E-state index contributed by atoms with van der Waals surface area (Å²) >= 11 is 0. The maximum Gasteiger partial charge on any atom is 0.124 e. The molecule has 1 aromatic carbocycles. The minimum absolute atomic E-state index is 0.209. The van der Waals surface area contributed by atoms with E-state index < -0.39 is 0 Å². The largest absolute Gasteiger partial charge is 0.375 e. The summed E-state index contributed by atoms with van der Waals surface area (Å²) < 4.78 is 14.3. The van der Waals surface area contributed by atoms with Crippen LogP contribution in [-0.4, -0.2) is 37.3 Å². The Balaban J connectivity index is 1.72. The van der Waals surface area contributed by atoms with E-state index in [0.717, 1.165) is 66.1 Å². The van der Waals surface area contributed by atoms with Gasteiger partial charge in [0.25, 0.3) is 0 Å². The van der Waals surface area contributed by atoms with Crippen LogP contribution < -0.4 is 10.7 Å². The Bertz CT molecular complexity index is 949. The molecule has 0 fully saturated rings. The second-order valence-electron chi connectivity index (χ2n) is 7.19. The Kier molecular flexibility index (Phi) is 3.57. The van der Waals surface area contributed by atoms with Gasteiger partial charge in [0.1, 0.15) is 5.82 Å². The molecular formula is C21H21FN4. The van der Waals surface area contributed by atoms with Gasteiger partial charge < -0.3 is 10.2 Å². The van der Waals surface area contributed by atoms with Crippen LogP contribution in [0.1, 0.15) is 29.5 Å². The highest BCUT2D eigenvalue weighted by molar-refractivity contribution is 6.20. The molecule has 4 nitrogen and oxygen atoms in total. The number of halogens is 1. The number of nitrogens with zero attached hydrogens (tertiary/aromatic N) is 2. The normalized spacial score (nSPS) is 21.2. The molecular weight excluding hydrogens is 327 g/mol. The van der Waals surface area contributed by atoms with Crippen molar-refractivity contribution in [3.63, 3.8) is 0 Å². The third kappa shape index (κ3) is 2.42. The first-order valence-electron chi connectivity index (χ1n) is 9.12. The number of likely N-dealkylation sites (N-methyl/N-ethyl adjacent to an activating group) is 1. The minimum Gasteiger partial charge on any atom is -0.375 e. The third-order valence-corrected chi connectivity index (χ3v) is 5.39. The molecule has 0 spiro atoms. The summed E-state index contributed by atoms with van der Waals surface area (Å²) in [6, 6.07) is 3.22. The molecule has 0 atom stereocenters. The van der Waals surface area contributed by atoms with E-state index in [0.29, 0.717) is 0 Å². The monoisotopic (exact) mass is 348 g/mol. The van der Waals surface area contributed by atoms with Crippen LogP contribution in [0.4, 0.5) is 4.39 Å². The lowest BCUT2D eigenvalue weighted by atomic mass is 9.88. The molecule has 3 heterocycles. The minimum atomic E-state index is -0.209. The smallest absolute Gasteiger partial charge is 0.124 e. The molecule has 0 radical (unpaired) electrons. The van der Waals surface area contributed by atoms with Crippen LogP contribution >= 0.6 is 0 Å². The van der Waals surface area contributed by atoms with E-state index in [-0.39, 0.29) is 5.82 Å². The molecule has 5 rings (SSSR count). The summed E-state index contributed by atoms with van der Waals surface area (Å²) in [5.74, 6) is -0.209.